The second kappa shape index (κ2) is 15.9. The molecule has 0 N–H and O–H groups in total. The number of nitrogens with zero attached hydrogens (tertiary/aromatic N) is 7. The molecule has 2 aromatic carbocycles. The van der Waals surface area contributed by atoms with Crippen LogP contribution in [0.25, 0.3) is 20.2 Å². The van der Waals surface area contributed by atoms with Crippen molar-refractivity contribution in [3.05, 3.63) is 76.3 Å². The molecule has 2 aromatic heterocycles. The number of nitro benzene ring substituents is 2. The van der Waals surface area contributed by atoms with E-state index in [2.05, 4.69) is 19.8 Å². The van der Waals surface area contributed by atoms with Crippen molar-refractivity contribution in [3.8, 4) is 0 Å². The number of anilines is 2. The van der Waals surface area contributed by atoms with Crippen LogP contribution in [-0.4, -0.2) is 89.0 Å². The third-order valence-corrected chi connectivity index (χ3v) is 13.1. The highest BCUT2D eigenvalue weighted by Gasteiger charge is 2.43. The van der Waals surface area contributed by atoms with Gasteiger partial charge in [0.15, 0.2) is 16.1 Å². The van der Waals surface area contributed by atoms with Crippen LogP contribution in [0.15, 0.2) is 33.9 Å². The summed E-state index contributed by atoms with van der Waals surface area (Å²) in [6, 6.07) is 6.38. The fourth-order valence-corrected chi connectivity index (χ4v) is 10.2. The Balaban J connectivity index is 0.000000167. The molecule has 0 amide bonds. The predicted molar refractivity (Wildman–Crippen MR) is 210 cm³/mol. The quantitative estimate of drug-likeness (QED) is 0.160. The molecule has 1 atom stereocenters. The van der Waals surface area contributed by atoms with Gasteiger partial charge in [0.1, 0.15) is 9.40 Å². The van der Waals surface area contributed by atoms with Crippen LogP contribution in [0.1, 0.15) is 63.0 Å². The van der Waals surface area contributed by atoms with Crippen LogP contribution in [-0.2, 0) is 9.47 Å². The molecule has 0 bridgehead atoms. The molecule has 1 spiro atoms. The number of ether oxygens (including phenoxy) is 2. The summed E-state index contributed by atoms with van der Waals surface area (Å²) in [6.07, 6.45) is 8.22. The molecule has 8 rings (SSSR count). The van der Waals surface area contributed by atoms with Crippen LogP contribution >= 0.6 is 22.7 Å². The van der Waals surface area contributed by atoms with E-state index in [4.69, 9.17) is 9.47 Å². The molecule has 3 aliphatic heterocycles. The minimum Gasteiger partial charge on any atom is -0.348 e. The Bertz CT molecular complexity index is 2170. The van der Waals surface area contributed by atoms with E-state index in [1.807, 2.05) is 11.8 Å². The molecule has 17 heteroatoms. The maximum absolute atomic E-state index is 12.5. The monoisotopic (exact) mass is 779 g/mol. The lowest BCUT2D eigenvalue weighted by Gasteiger charge is -2.37. The SMILES string of the molecule is Cc1cc([N+](=O)[O-])c2sc(N3CCC4(CC3)OC[C@H](C)O4)nc(=O)c2c1.Cc1cc([N+](=O)[O-])c2sc(N3CCN(CC4CCCCC4)CC3)nc(=O)c2c1. The Morgan fingerprint density at radius 3 is 1.74 bits per heavy atom. The molecule has 288 valence electrons. The molecule has 5 heterocycles. The summed E-state index contributed by atoms with van der Waals surface area (Å²) in [6.45, 7) is 12.0. The van der Waals surface area contributed by atoms with E-state index in [-0.39, 0.29) is 23.0 Å². The normalized spacial score (nSPS) is 20.7. The fraction of sp³-hybridized carbons (Fsp3) is 0.568. The Morgan fingerprint density at radius 1 is 0.778 bits per heavy atom. The van der Waals surface area contributed by atoms with Gasteiger partial charge >= 0.3 is 0 Å². The molecule has 4 aromatic rings. The number of benzene rings is 2. The number of piperidine rings is 1. The zero-order valence-electron chi connectivity index (χ0n) is 30.8. The van der Waals surface area contributed by atoms with Crippen molar-refractivity contribution in [3.63, 3.8) is 0 Å². The van der Waals surface area contributed by atoms with Crippen molar-refractivity contribution in [1.29, 1.82) is 0 Å². The highest BCUT2D eigenvalue weighted by Crippen LogP contribution is 2.38. The molecule has 3 saturated heterocycles. The lowest BCUT2D eigenvalue weighted by Crippen LogP contribution is -2.48. The Labute approximate surface area is 319 Å². The summed E-state index contributed by atoms with van der Waals surface area (Å²) in [5.74, 6) is 0.280. The minimum absolute atomic E-state index is 0.00307. The van der Waals surface area contributed by atoms with E-state index in [9.17, 15) is 29.8 Å². The fourth-order valence-electron chi connectivity index (χ4n) is 7.97. The Morgan fingerprint density at radius 2 is 1.28 bits per heavy atom. The maximum atomic E-state index is 12.5. The lowest BCUT2D eigenvalue weighted by atomic mass is 9.89. The molecule has 15 nitrogen and oxygen atoms in total. The summed E-state index contributed by atoms with van der Waals surface area (Å²) < 4.78 is 12.5. The number of nitro groups is 2. The summed E-state index contributed by atoms with van der Waals surface area (Å²) in [5.41, 5.74) is 0.525. The van der Waals surface area contributed by atoms with Gasteiger partial charge in [-0.2, -0.15) is 9.97 Å². The first-order valence-corrected chi connectivity index (χ1v) is 20.2. The molecule has 4 aliphatic rings. The molecule has 4 fully saturated rings. The van der Waals surface area contributed by atoms with Gasteiger partial charge in [0.05, 0.1) is 33.3 Å². The van der Waals surface area contributed by atoms with Crippen molar-refractivity contribution in [2.75, 3.05) is 62.2 Å². The van der Waals surface area contributed by atoms with Crippen molar-refractivity contribution >= 4 is 64.5 Å². The average Bonchev–Trinajstić information content (AvgIpc) is 3.51. The van der Waals surface area contributed by atoms with E-state index in [1.54, 1.807) is 26.0 Å². The van der Waals surface area contributed by atoms with Crippen LogP contribution < -0.4 is 20.9 Å². The highest BCUT2D eigenvalue weighted by atomic mass is 32.1. The zero-order valence-corrected chi connectivity index (χ0v) is 32.4. The summed E-state index contributed by atoms with van der Waals surface area (Å²) in [7, 11) is 0. The van der Waals surface area contributed by atoms with Crippen LogP contribution in [0.5, 0.6) is 0 Å². The van der Waals surface area contributed by atoms with E-state index in [0.717, 1.165) is 32.1 Å². The Hall–Kier alpha value is -4.16. The standard InChI is InChI=1S/C20H26N4O3S.C17H19N3O5S/c1-14-11-16-18(17(12-14)24(26)27)28-20(21-19(16)25)23-9-7-22(8-10-23)13-15-5-3-2-4-6-15;1-10-7-12-14(13(8-10)20(22)23)26-16(18-15(12)21)19-5-3-17(4-6-19)24-9-11(2)25-17/h11-12,15H,2-10,13H2,1H3;7-8,11H,3-6,9H2,1-2H3/t;11-/m.0/s1. The number of non-ortho nitro benzene ring substituents is 2. The zero-order chi connectivity index (χ0) is 38.1. The van der Waals surface area contributed by atoms with Crippen LogP contribution in [0.3, 0.4) is 0 Å². The van der Waals surface area contributed by atoms with Gasteiger partial charge in [0.2, 0.25) is 0 Å². The topological polar surface area (TPSA) is 174 Å². The van der Waals surface area contributed by atoms with Crippen LogP contribution in [0.4, 0.5) is 21.6 Å². The maximum Gasteiger partial charge on any atom is 0.287 e. The Kier molecular flexibility index (Phi) is 11.2. The molecule has 0 unspecified atom stereocenters. The third-order valence-electron chi connectivity index (χ3n) is 10.7. The smallest absolute Gasteiger partial charge is 0.287 e. The van der Waals surface area contributed by atoms with Gasteiger partial charge < -0.3 is 19.3 Å². The minimum atomic E-state index is -0.541. The van der Waals surface area contributed by atoms with Gasteiger partial charge in [-0.15, -0.1) is 0 Å². The van der Waals surface area contributed by atoms with Gasteiger partial charge in [-0.05, 0) is 62.8 Å². The number of fused-ring (bicyclic) bond motifs is 2. The van der Waals surface area contributed by atoms with E-state index >= 15 is 0 Å². The highest BCUT2D eigenvalue weighted by molar-refractivity contribution is 7.22. The lowest BCUT2D eigenvalue weighted by molar-refractivity contribution is -0.383. The van der Waals surface area contributed by atoms with Gasteiger partial charge in [0, 0.05) is 70.8 Å². The molecule has 0 radical (unpaired) electrons. The summed E-state index contributed by atoms with van der Waals surface area (Å²) >= 11 is 2.46. The molecule has 54 heavy (non-hydrogen) atoms. The molecular weight excluding hydrogens is 735 g/mol. The molecule has 1 saturated carbocycles. The van der Waals surface area contributed by atoms with Gasteiger partial charge in [-0.3, -0.25) is 34.7 Å². The summed E-state index contributed by atoms with van der Waals surface area (Å²) in [4.78, 5) is 62.1. The second-order valence-electron chi connectivity index (χ2n) is 14.9. The number of aryl methyl sites for hydroxylation is 2. The van der Waals surface area contributed by atoms with Crippen molar-refractivity contribution in [2.45, 2.75) is 77.6 Å². The summed E-state index contributed by atoms with van der Waals surface area (Å²) in [5, 5.41) is 24.6. The number of piperazine rings is 1. The first kappa shape index (κ1) is 38.1. The van der Waals surface area contributed by atoms with Gasteiger partial charge in [0.25, 0.3) is 22.5 Å². The van der Waals surface area contributed by atoms with Crippen LogP contribution in [0, 0.1) is 40.0 Å². The first-order valence-electron chi connectivity index (χ1n) is 18.6. The van der Waals surface area contributed by atoms with Crippen molar-refractivity contribution < 1.29 is 19.3 Å². The first-order chi connectivity index (χ1) is 25.9. The predicted octanol–water partition coefficient (Wildman–Crippen LogP) is 6.18. The number of hydrogen-bond acceptors (Lipinski definition) is 15. The van der Waals surface area contributed by atoms with Crippen molar-refractivity contribution in [1.82, 2.24) is 14.9 Å². The third kappa shape index (κ3) is 8.24. The van der Waals surface area contributed by atoms with E-state index in [1.165, 1.54) is 73.5 Å². The van der Waals surface area contributed by atoms with E-state index < -0.39 is 21.2 Å². The molecular formula is C37H45N7O8S2. The van der Waals surface area contributed by atoms with Crippen LogP contribution in [0.2, 0.25) is 0 Å². The molecule has 1 aliphatic carbocycles. The van der Waals surface area contributed by atoms with Gasteiger partial charge in [-0.25, -0.2) is 0 Å². The number of rotatable bonds is 6. The average molecular weight is 780 g/mol. The van der Waals surface area contributed by atoms with Gasteiger partial charge in [-0.1, -0.05) is 41.9 Å². The second-order valence-corrected chi connectivity index (χ2v) is 16.8. The van der Waals surface area contributed by atoms with E-state index in [0.29, 0.717) is 74.1 Å². The number of aromatic nitrogens is 2. The van der Waals surface area contributed by atoms with Crippen molar-refractivity contribution in [2.24, 2.45) is 5.92 Å². The number of hydrogen-bond donors (Lipinski definition) is 0. The largest absolute Gasteiger partial charge is 0.348 e.